The number of hydrogen-bond donors (Lipinski definition) is 2. The largest absolute Gasteiger partial charge is 0.495 e. The molecule has 0 atom stereocenters. The van der Waals surface area contributed by atoms with Crippen molar-refractivity contribution < 1.29 is 24.2 Å². The number of carbonyl (C=O) groups excluding carboxylic acids is 1. The Morgan fingerprint density at radius 3 is 2.64 bits per heavy atom. The van der Waals surface area contributed by atoms with E-state index in [0.29, 0.717) is 23.7 Å². The number of hydrogen-bond acceptors (Lipinski definition) is 7. The van der Waals surface area contributed by atoms with Gasteiger partial charge in [-0.05, 0) is 57.5 Å². The second-order valence-corrected chi connectivity index (χ2v) is 9.47. The number of esters is 1. The van der Waals surface area contributed by atoms with Crippen LogP contribution in [0.5, 0.6) is 11.5 Å². The van der Waals surface area contributed by atoms with E-state index in [4.69, 9.17) is 25.0 Å². The highest BCUT2D eigenvalue weighted by atomic mass is 16.5. The summed E-state index contributed by atoms with van der Waals surface area (Å²) in [6, 6.07) is 17.5. The van der Waals surface area contributed by atoms with Crippen LogP contribution in [0.25, 0.3) is 22.0 Å². The van der Waals surface area contributed by atoms with Crippen LogP contribution in [0.1, 0.15) is 49.2 Å². The summed E-state index contributed by atoms with van der Waals surface area (Å²) in [5, 5.41) is 18.2. The topological polar surface area (TPSA) is 121 Å². The molecule has 0 aliphatic carbocycles. The third kappa shape index (κ3) is 5.82. The zero-order chi connectivity index (χ0) is 28.1. The van der Waals surface area contributed by atoms with Gasteiger partial charge in [0.15, 0.2) is 5.84 Å². The van der Waals surface area contributed by atoms with E-state index in [1.54, 1.807) is 20.1 Å². The molecule has 9 heteroatoms. The van der Waals surface area contributed by atoms with Crippen molar-refractivity contribution in [1.29, 1.82) is 0 Å². The van der Waals surface area contributed by atoms with Crippen molar-refractivity contribution in [3.8, 4) is 22.6 Å². The van der Waals surface area contributed by atoms with E-state index in [-0.39, 0.29) is 30.9 Å². The Kier molecular flexibility index (Phi) is 8.39. The van der Waals surface area contributed by atoms with E-state index in [1.807, 2.05) is 60.1 Å². The van der Waals surface area contributed by atoms with Crippen molar-refractivity contribution in [3.05, 3.63) is 77.0 Å². The van der Waals surface area contributed by atoms with Crippen LogP contribution in [-0.2, 0) is 22.6 Å². The smallest absolute Gasteiger partial charge is 0.310 e. The van der Waals surface area contributed by atoms with Crippen molar-refractivity contribution in [1.82, 2.24) is 9.78 Å². The van der Waals surface area contributed by atoms with Gasteiger partial charge in [-0.3, -0.25) is 9.48 Å². The predicted molar refractivity (Wildman–Crippen MR) is 150 cm³/mol. The van der Waals surface area contributed by atoms with Gasteiger partial charge in [0.1, 0.15) is 23.8 Å². The summed E-state index contributed by atoms with van der Waals surface area (Å²) in [6.07, 6.45) is 0.132. The summed E-state index contributed by atoms with van der Waals surface area (Å²) < 4.78 is 19.0. The lowest BCUT2D eigenvalue weighted by Gasteiger charge is -2.14. The first-order chi connectivity index (χ1) is 18.8. The Morgan fingerprint density at radius 1 is 1.15 bits per heavy atom. The van der Waals surface area contributed by atoms with Crippen LogP contribution in [0, 0.1) is 6.92 Å². The lowest BCUT2D eigenvalue weighted by Crippen LogP contribution is -2.14. The lowest BCUT2D eigenvalue weighted by atomic mass is 9.99. The predicted octanol–water partition coefficient (Wildman–Crippen LogP) is 5.38. The van der Waals surface area contributed by atoms with Crippen molar-refractivity contribution >= 4 is 22.7 Å². The van der Waals surface area contributed by atoms with Gasteiger partial charge < -0.3 is 25.2 Å². The maximum atomic E-state index is 12.2. The Hall–Kier alpha value is -4.53. The number of ether oxygens (including phenoxy) is 3. The van der Waals surface area contributed by atoms with Gasteiger partial charge in [0.2, 0.25) is 0 Å². The Morgan fingerprint density at radius 2 is 1.95 bits per heavy atom. The second kappa shape index (κ2) is 11.9. The van der Waals surface area contributed by atoms with Gasteiger partial charge >= 0.3 is 5.97 Å². The number of para-hydroxylation sites is 1. The molecular weight excluding hydrogens is 496 g/mol. The number of aryl methyl sites for hydroxylation is 1. The molecule has 0 saturated carbocycles. The molecule has 1 aromatic heterocycles. The number of aromatic nitrogens is 2. The molecule has 3 aromatic carbocycles. The molecule has 204 valence electrons. The summed E-state index contributed by atoms with van der Waals surface area (Å²) in [5.74, 6) is 0.790. The quantitative estimate of drug-likeness (QED) is 0.0928. The molecule has 0 bridgehead atoms. The summed E-state index contributed by atoms with van der Waals surface area (Å²) in [4.78, 5) is 12.2. The molecule has 0 aliphatic rings. The molecule has 4 rings (SSSR count). The second-order valence-electron chi connectivity index (χ2n) is 9.47. The van der Waals surface area contributed by atoms with Crippen LogP contribution in [0.4, 0.5) is 0 Å². The fourth-order valence-corrected chi connectivity index (χ4v) is 4.61. The fraction of sp³-hybridized carbons (Fsp3) is 0.300. The highest BCUT2D eigenvalue weighted by Crippen LogP contribution is 2.36. The van der Waals surface area contributed by atoms with Crippen LogP contribution < -0.4 is 15.2 Å². The Bertz CT molecular complexity index is 1520. The van der Waals surface area contributed by atoms with Gasteiger partial charge in [-0.15, -0.1) is 0 Å². The third-order valence-electron chi connectivity index (χ3n) is 6.41. The molecule has 9 nitrogen and oxygen atoms in total. The van der Waals surface area contributed by atoms with E-state index in [2.05, 4.69) is 19.0 Å². The first kappa shape index (κ1) is 27.5. The number of nitrogens with two attached hydrogens (primary N) is 1. The molecule has 0 aliphatic heterocycles. The van der Waals surface area contributed by atoms with Crippen LogP contribution >= 0.6 is 0 Å². The highest BCUT2D eigenvalue weighted by molar-refractivity contribution is 6.02. The van der Waals surface area contributed by atoms with E-state index >= 15 is 0 Å². The normalized spacial score (nSPS) is 11.7. The number of nitrogens with zero attached hydrogens (tertiary/aromatic N) is 3. The molecule has 4 aromatic rings. The monoisotopic (exact) mass is 530 g/mol. The van der Waals surface area contributed by atoms with Gasteiger partial charge in [-0.1, -0.05) is 41.1 Å². The van der Waals surface area contributed by atoms with Crippen LogP contribution in [0.3, 0.4) is 0 Å². The average molecular weight is 531 g/mol. The molecule has 0 amide bonds. The molecule has 0 radical (unpaired) electrons. The maximum absolute atomic E-state index is 12.2. The zero-order valence-corrected chi connectivity index (χ0v) is 22.9. The molecule has 0 fully saturated rings. The molecule has 0 spiro atoms. The van der Waals surface area contributed by atoms with Crippen molar-refractivity contribution in [2.75, 3.05) is 13.7 Å². The SMILES string of the molecule is CCOC(=O)Cc1cc(C)ccc1OCc1nn(C(C)C)c2ccc(-c3cccc(C(N)=NO)c3OC)cc12. The molecule has 3 N–H and O–H groups in total. The van der Waals surface area contributed by atoms with Crippen LogP contribution in [-0.4, -0.2) is 40.5 Å². The Balaban J connectivity index is 1.75. The van der Waals surface area contributed by atoms with Gasteiger partial charge in [-0.2, -0.15) is 5.10 Å². The summed E-state index contributed by atoms with van der Waals surface area (Å²) in [7, 11) is 1.55. The first-order valence-corrected chi connectivity index (χ1v) is 12.8. The van der Waals surface area contributed by atoms with Crippen molar-refractivity contribution in [2.24, 2.45) is 10.9 Å². The van der Waals surface area contributed by atoms with Crippen LogP contribution in [0.15, 0.2) is 59.8 Å². The number of fused-ring (bicyclic) bond motifs is 1. The van der Waals surface area contributed by atoms with Crippen molar-refractivity contribution in [3.63, 3.8) is 0 Å². The fourth-order valence-electron chi connectivity index (χ4n) is 4.61. The highest BCUT2D eigenvalue weighted by Gasteiger charge is 2.19. The average Bonchev–Trinajstić information content (AvgIpc) is 3.30. The van der Waals surface area contributed by atoms with Gasteiger partial charge in [-0.25, -0.2) is 0 Å². The zero-order valence-electron chi connectivity index (χ0n) is 22.9. The lowest BCUT2D eigenvalue weighted by molar-refractivity contribution is -0.142. The van der Waals surface area contributed by atoms with Gasteiger partial charge in [0, 0.05) is 22.6 Å². The number of benzene rings is 3. The van der Waals surface area contributed by atoms with Gasteiger partial charge in [0.05, 0.1) is 31.2 Å². The summed E-state index contributed by atoms with van der Waals surface area (Å²) in [6.45, 7) is 8.45. The standard InChI is InChI=1S/C30H34N4O5/c1-6-38-28(35)16-21-14-19(4)10-13-27(21)39-17-25-24-15-20(11-12-26(24)34(32-25)18(2)3)22-8-7-9-23(29(22)37-5)30(31)33-36/h7-15,18,36H,6,16-17H2,1-5H3,(H2,31,33). The number of amidine groups is 1. The molecule has 0 saturated heterocycles. The van der Waals surface area contributed by atoms with E-state index in [1.165, 1.54) is 0 Å². The molecular formula is C30H34N4O5. The number of oxime groups is 1. The van der Waals surface area contributed by atoms with E-state index in [9.17, 15) is 10.0 Å². The molecule has 0 unspecified atom stereocenters. The number of rotatable bonds is 10. The minimum atomic E-state index is -0.296. The number of methoxy groups -OCH3 is 1. The first-order valence-electron chi connectivity index (χ1n) is 12.8. The van der Waals surface area contributed by atoms with Crippen molar-refractivity contribution in [2.45, 2.75) is 46.8 Å². The van der Waals surface area contributed by atoms with Crippen LogP contribution in [0.2, 0.25) is 0 Å². The summed E-state index contributed by atoms with van der Waals surface area (Å²) >= 11 is 0. The Labute approximate surface area is 227 Å². The molecule has 39 heavy (non-hydrogen) atoms. The maximum Gasteiger partial charge on any atom is 0.310 e. The summed E-state index contributed by atoms with van der Waals surface area (Å²) in [5.41, 5.74) is 11.6. The third-order valence-corrected chi connectivity index (χ3v) is 6.41. The van der Waals surface area contributed by atoms with E-state index < -0.39 is 0 Å². The number of carbonyl (C=O) groups is 1. The van der Waals surface area contributed by atoms with Gasteiger partial charge in [0.25, 0.3) is 0 Å². The molecule has 1 heterocycles. The minimum absolute atomic E-state index is 0.0341. The van der Waals surface area contributed by atoms with E-state index in [0.717, 1.165) is 38.9 Å². The minimum Gasteiger partial charge on any atom is -0.495 e.